The van der Waals surface area contributed by atoms with Crippen LogP contribution in [0.4, 0.5) is 13.2 Å². The molecule has 0 bridgehead atoms. The van der Waals surface area contributed by atoms with E-state index < -0.39 is 28.6 Å². The third-order valence-corrected chi connectivity index (χ3v) is 4.82. The van der Waals surface area contributed by atoms with Gasteiger partial charge in [0.05, 0.1) is 5.56 Å². The average Bonchev–Trinajstić information content (AvgIpc) is 2.49. The van der Waals surface area contributed by atoms with Gasteiger partial charge < -0.3 is 5.32 Å². The fourth-order valence-electron chi connectivity index (χ4n) is 2.29. The summed E-state index contributed by atoms with van der Waals surface area (Å²) in [4.78, 5) is 0. The molecule has 106 valence electrons. The van der Waals surface area contributed by atoms with Crippen molar-refractivity contribution in [2.45, 2.75) is 19.1 Å². The van der Waals surface area contributed by atoms with Crippen molar-refractivity contribution in [1.82, 2.24) is 5.32 Å². The van der Waals surface area contributed by atoms with E-state index in [1.54, 1.807) is 6.07 Å². The molecule has 1 saturated heterocycles. The molecule has 1 aliphatic heterocycles. The first-order chi connectivity index (χ1) is 8.88. The van der Waals surface area contributed by atoms with E-state index in [2.05, 4.69) is 5.32 Å². The first-order valence-corrected chi connectivity index (χ1v) is 7.61. The van der Waals surface area contributed by atoms with Gasteiger partial charge >= 0.3 is 6.18 Å². The van der Waals surface area contributed by atoms with E-state index in [9.17, 15) is 17.4 Å². The van der Waals surface area contributed by atoms with Gasteiger partial charge in [0.2, 0.25) is 0 Å². The predicted molar refractivity (Wildman–Crippen MR) is 69.2 cm³/mol. The number of alkyl halides is 3. The highest BCUT2D eigenvalue weighted by atomic mass is 32.2. The van der Waals surface area contributed by atoms with Gasteiger partial charge in [0.1, 0.15) is 0 Å². The van der Waals surface area contributed by atoms with Crippen molar-refractivity contribution in [2.24, 2.45) is 5.92 Å². The Labute approximate surface area is 112 Å². The van der Waals surface area contributed by atoms with Crippen LogP contribution in [0.1, 0.15) is 24.1 Å². The van der Waals surface area contributed by atoms with Crippen LogP contribution >= 0.6 is 0 Å². The third kappa shape index (κ3) is 3.57. The molecule has 1 heterocycles. The van der Waals surface area contributed by atoms with Gasteiger partial charge in [-0.2, -0.15) is 13.2 Å². The van der Waals surface area contributed by atoms with E-state index in [4.69, 9.17) is 0 Å². The smallest absolute Gasteiger partial charge is 0.309 e. The SMILES string of the molecule is CC1CNC(c2ccccc2C(F)(F)F)CS(=O)C1. The summed E-state index contributed by atoms with van der Waals surface area (Å²) >= 11 is 0. The maximum absolute atomic E-state index is 13.0. The van der Waals surface area contributed by atoms with Crippen LogP contribution in [0.5, 0.6) is 0 Å². The Kier molecular flexibility index (Phi) is 4.30. The molecule has 2 nitrogen and oxygen atoms in total. The highest BCUT2D eigenvalue weighted by Gasteiger charge is 2.35. The van der Waals surface area contributed by atoms with Crippen LogP contribution in [0, 0.1) is 5.92 Å². The summed E-state index contributed by atoms with van der Waals surface area (Å²) in [5.74, 6) is 0.985. The van der Waals surface area contributed by atoms with Crippen LogP contribution in [0.25, 0.3) is 0 Å². The summed E-state index contributed by atoms with van der Waals surface area (Å²) in [6.45, 7) is 2.53. The number of benzene rings is 1. The molecule has 0 aromatic heterocycles. The fraction of sp³-hybridized carbons (Fsp3) is 0.538. The Morgan fingerprint density at radius 1 is 1.26 bits per heavy atom. The maximum Gasteiger partial charge on any atom is 0.416 e. The summed E-state index contributed by atoms with van der Waals surface area (Å²) in [6.07, 6.45) is -4.38. The van der Waals surface area contributed by atoms with Crippen LogP contribution in [-0.4, -0.2) is 22.3 Å². The van der Waals surface area contributed by atoms with Crippen LogP contribution in [-0.2, 0) is 17.0 Å². The first kappa shape index (κ1) is 14.5. The Morgan fingerprint density at radius 2 is 1.95 bits per heavy atom. The molecule has 1 aromatic carbocycles. The quantitative estimate of drug-likeness (QED) is 0.862. The molecule has 6 heteroatoms. The normalized spacial score (nSPS) is 28.9. The third-order valence-electron chi connectivity index (χ3n) is 3.18. The molecule has 0 radical (unpaired) electrons. The topological polar surface area (TPSA) is 29.1 Å². The number of hydrogen-bond donors (Lipinski definition) is 1. The second-order valence-electron chi connectivity index (χ2n) is 4.92. The van der Waals surface area contributed by atoms with Gasteiger partial charge in [0.15, 0.2) is 0 Å². The minimum Gasteiger partial charge on any atom is -0.309 e. The number of hydrogen-bond acceptors (Lipinski definition) is 2. The van der Waals surface area contributed by atoms with Gasteiger partial charge in [-0.1, -0.05) is 25.1 Å². The molecule has 3 unspecified atom stereocenters. The molecule has 1 aliphatic rings. The van der Waals surface area contributed by atoms with Gasteiger partial charge in [-0.15, -0.1) is 0 Å². The van der Waals surface area contributed by atoms with Crippen LogP contribution in [0.15, 0.2) is 24.3 Å². The van der Waals surface area contributed by atoms with Crippen LogP contribution in [0.2, 0.25) is 0 Å². The van der Waals surface area contributed by atoms with E-state index in [0.717, 1.165) is 6.07 Å². The van der Waals surface area contributed by atoms with Gasteiger partial charge in [-0.3, -0.25) is 4.21 Å². The molecular weight excluding hydrogens is 275 g/mol. The summed E-state index contributed by atoms with van der Waals surface area (Å²) in [5.41, 5.74) is -0.448. The molecular formula is C13H16F3NOS. The zero-order valence-corrected chi connectivity index (χ0v) is 11.4. The highest BCUT2D eigenvalue weighted by molar-refractivity contribution is 7.85. The number of rotatable bonds is 1. The minimum absolute atomic E-state index is 0.192. The Morgan fingerprint density at radius 3 is 2.63 bits per heavy atom. The van der Waals surface area contributed by atoms with Crippen molar-refractivity contribution < 1.29 is 17.4 Å². The van der Waals surface area contributed by atoms with Gasteiger partial charge in [-0.05, 0) is 24.1 Å². The largest absolute Gasteiger partial charge is 0.416 e. The zero-order valence-electron chi connectivity index (χ0n) is 10.5. The molecule has 1 aromatic rings. The summed E-state index contributed by atoms with van der Waals surface area (Å²) in [6, 6.07) is 5.01. The van der Waals surface area contributed by atoms with Crippen molar-refractivity contribution in [3.63, 3.8) is 0 Å². The average molecular weight is 291 g/mol. The Bertz CT molecular complexity index is 475. The van der Waals surface area contributed by atoms with E-state index >= 15 is 0 Å². The molecule has 2 rings (SSSR count). The minimum atomic E-state index is -4.38. The molecule has 19 heavy (non-hydrogen) atoms. The maximum atomic E-state index is 13.0. The fourth-order valence-corrected chi connectivity index (χ4v) is 3.85. The Balaban J connectivity index is 2.33. The zero-order chi connectivity index (χ0) is 14.0. The lowest BCUT2D eigenvalue weighted by atomic mass is 10.0. The van der Waals surface area contributed by atoms with Gasteiger partial charge in [0, 0.05) is 28.3 Å². The molecule has 3 atom stereocenters. The molecule has 1 fully saturated rings. The lowest BCUT2D eigenvalue weighted by Gasteiger charge is -2.21. The second-order valence-corrected chi connectivity index (χ2v) is 6.47. The Hall–Kier alpha value is -0.880. The number of halogens is 3. The standard InChI is InChI=1S/C13H16F3NOS/c1-9-6-17-12(8-19(18)7-9)10-4-2-3-5-11(10)13(14,15)16/h2-5,9,12,17H,6-8H2,1H3. The van der Waals surface area contributed by atoms with Gasteiger partial charge in [0.25, 0.3) is 0 Å². The summed E-state index contributed by atoms with van der Waals surface area (Å²) < 4.78 is 50.8. The molecule has 0 spiro atoms. The van der Waals surface area contributed by atoms with Crippen LogP contribution < -0.4 is 5.32 Å². The van der Waals surface area contributed by atoms with E-state index in [0.29, 0.717) is 12.3 Å². The van der Waals surface area contributed by atoms with Crippen molar-refractivity contribution in [1.29, 1.82) is 0 Å². The second kappa shape index (κ2) is 5.63. The first-order valence-electron chi connectivity index (χ1n) is 6.12. The van der Waals surface area contributed by atoms with Gasteiger partial charge in [-0.25, -0.2) is 0 Å². The summed E-state index contributed by atoms with van der Waals surface area (Å²) in [5, 5.41) is 3.10. The molecule has 0 amide bonds. The predicted octanol–water partition coefficient (Wildman–Crippen LogP) is 2.73. The lowest BCUT2D eigenvalue weighted by Crippen LogP contribution is -2.28. The van der Waals surface area contributed by atoms with Crippen molar-refractivity contribution in [3.05, 3.63) is 35.4 Å². The monoisotopic (exact) mass is 291 g/mol. The van der Waals surface area contributed by atoms with E-state index in [1.807, 2.05) is 6.92 Å². The number of nitrogens with one attached hydrogen (secondary N) is 1. The molecule has 0 aliphatic carbocycles. The van der Waals surface area contributed by atoms with Crippen molar-refractivity contribution in [2.75, 3.05) is 18.1 Å². The van der Waals surface area contributed by atoms with E-state index in [-0.39, 0.29) is 17.2 Å². The van der Waals surface area contributed by atoms with Crippen molar-refractivity contribution in [3.8, 4) is 0 Å². The molecule has 0 saturated carbocycles. The van der Waals surface area contributed by atoms with Crippen LogP contribution in [0.3, 0.4) is 0 Å². The molecule has 1 N–H and O–H groups in total. The highest BCUT2D eigenvalue weighted by Crippen LogP contribution is 2.35. The van der Waals surface area contributed by atoms with E-state index in [1.165, 1.54) is 12.1 Å². The lowest BCUT2D eigenvalue weighted by molar-refractivity contribution is -0.138. The van der Waals surface area contributed by atoms with Crippen molar-refractivity contribution >= 4 is 10.8 Å². The summed E-state index contributed by atoms with van der Waals surface area (Å²) in [7, 11) is -1.08.